The second-order valence-corrected chi connectivity index (χ2v) is 9.81. The summed E-state index contributed by atoms with van der Waals surface area (Å²) in [6, 6.07) is 13.1. The van der Waals surface area contributed by atoms with Gasteiger partial charge in [-0.25, -0.2) is 8.42 Å². The molecule has 0 spiro atoms. The number of amides is 1. The fourth-order valence-corrected chi connectivity index (χ4v) is 3.95. The predicted octanol–water partition coefficient (Wildman–Crippen LogP) is 4.01. The number of hydrogen-bond acceptors (Lipinski definition) is 3. The van der Waals surface area contributed by atoms with Crippen molar-refractivity contribution in [3.63, 3.8) is 0 Å². The van der Waals surface area contributed by atoms with E-state index in [1.54, 1.807) is 6.07 Å². The minimum Gasteiger partial charge on any atom is -0.324 e. The summed E-state index contributed by atoms with van der Waals surface area (Å²) in [4.78, 5) is 12.7. The van der Waals surface area contributed by atoms with Crippen molar-refractivity contribution in [3.8, 4) is 0 Å². The number of rotatable bonds is 5. The summed E-state index contributed by atoms with van der Waals surface area (Å²) >= 11 is 0. The van der Waals surface area contributed by atoms with Gasteiger partial charge in [0.25, 0.3) is 0 Å². The van der Waals surface area contributed by atoms with Crippen LogP contribution >= 0.6 is 0 Å². The first-order chi connectivity index (χ1) is 12.4. The lowest BCUT2D eigenvalue weighted by molar-refractivity contribution is -0.114. The number of para-hydroxylation sites is 1. The van der Waals surface area contributed by atoms with Gasteiger partial charge in [0.15, 0.2) is 0 Å². The number of benzene rings is 2. The van der Waals surface area contributed by atoms with Gasteiger partial charge in [0.05, 0.1) is 11.9 Å². The van der Waals surface area contributed by atoms with E-state index in [9.17, 15) is 13.2 Å². The van der Waals surface area contributed by atoms with Crippen molar-refractivity contribution in [2.24, 2.45) is 0 Å². The van der Waals surface area contributed by atoms with Crippen LogP contribution in [-0.4, -0.2) is 27.1 Å². The number of aryl methyl sites for hydroxylation is 2. The lowest BCUT2D eigenvalue weighted by Gasteiger charge is -2.26. The maximum Gasteiger partial charge on any atom is 0.245 e. The Morgan fingerprint density at radius 2 is 1.70 bits per heavy atom. The third-order valence-electron chi connectivity index (χ3n) is 4.32. The molecule has 0 heterocycles. The average molecular weight is 389 g/mol. The van der Waals surface area contributed by atoms with Gasteiger partial charge in [-0.2, -0.15) is 0 Å². The van der Waals surface area contributed by atoms with Crippen molar-refractivity contribution in [1.29, 1.82) is 0 Å². The number of hydrogen-bond donors (Lipinski definition) is 1. The van der Waals surface area contributed by atoms with Gasteiger partial charge < -0.3 is 5.32 Å². The van der Waals surface area contributed by atoms with Crippen LogP contribution in [0.15, 0.2) is 42.5 Å². The highest BCUT2D eigenvalue weighted by molar-refractivity contribution is 7.92. The topological polar surface area (TPSA) is 66.5 Å². The van der Waals surface area contributed by atoms with E-state index in [2.05, 4.69) is 26.1 Å². The van der Waals surface area contributed by atoms with Crippen LogP contribution in [0, 0.1) is 13.8 Å². The van der Waals surface area contributed by atoms with Crippen LogP contribution in [-0.2, 0) is 20.2 Å². The van der Waals surface area contributed by atoms with Gasteiger partial charge in [0, 0.05) is 5.69 Å². The molecule has 0 radical (unpaired) electrons. The molecule has 146 valence electrons. The van der Waals surface area contributed by atoms with Crippen LogP contribution in [0.25, 0.3) is 0 Å². The first-order valence-electron chi connectivity index (χ1n) is 8.84. The number of anilines is 2. The molecule has 2 aromatic carbocycles. The molecular formula is C21H28N2O3S. The molecule has 0 saturated heterocycles. The van der Waals surface area contributed by atoms with Crippen molar-refractivity contribution in [3.05, 3.63) is 59.2 Å². The normalized spacial score (nSPS) is 11.9. The molecule has 0 saturated carbocycles. The van der Waals surface area contributed by atoms with Gasteiger partial charge in [-0.1, -0.05) is 56.7 Å². The SMILES string of the molecule is Cc1ccc(N(CC(=O)Nc2ccccc2C(C)(C)C)S(C)(=O)=O)c(C)c1. The average Bonchev–Trinajstić information content (AvgIpc) is 2.52. The number of sulfonamides is 1. The Hall–Kier alpha value is -2.34. The number of carbonyl (C=O) groups excluding carboxylic acids is 1. The fraction of sp³-hybridized carbons (Fsp3) is 0.381. The number of nitrogens with one attached hydrogen (secondary N) is 1. The molecule has 0 aliphatic heterocycles. The summed E-state index contributed by atoms with van der Waals surface area (Å²) in [7, 11) is -3.61. The lowest BCUT2D eigenvalue weighted by Crippen LogP contribution is -2.38. The Morgan fingerprint density at radius 3 is 2.26 bits per heavy atom. The summed E-state index contributed by atoms with van der Waals surface area (Å²) in [6.45, 7) is 9.70. The van der Waals surface area contributed by atoms with E-state index < -0.39 is 10.0 Å². The zero-order valence-electron chi connectivity index (χ0n) is 16.8. The zero-order valence-corrected chi connectivity index (χ0v) is 17.6. The molecule has 0 fully saturated rings. The lowest BCUT2D eigenvalue weighted by atomic mass is 9.86. The molecule has 5 nitrogen and oxygen atoms in total. The van der Waals surface area contributed by atoms with Crippen LogP contribution < -0.4 is 9.62 Å². The summed E-state index contributed by atoms with van der Waals surface area (Å²) < 4.78 is 25.8. The molecule has 1 N–H and O–H groups in total. The van der Waals surface area contributed by atoms with Crippen molar-refractivity contribution >= 4 is 27.3 Å². The standard InChI is InChI=1S/C21H28N2O3S/c1-15-11-12-19(16(2)13-15)23(27(6,25)26)14-20(24)22-18-10-8-7-9-17(18)21(3,4)5/h7-13H,14H2,1-6H3,(H,22,24). The molecule has 2 rings (SSSR count). The van der Waals surface area contributed by atoms with E-state index in [0.717, 1.165) is 27.3 Å². The molecule has 0 bridgehead atoms. The van der Waals surface area contributed by atoms with E-state index in [-0.39, 0.29) is 17.9 Å². The maximum absolute atomic E-state index is 12.7. The van der Waals surface area contributed by atoms with Crippen molar-refractivity contribution < 1.29 is 13.2 Å². The Balaban J connectivity index is 2.31. The van der Waals surface area contributed by atoms with Gasteiger partial charge >= 0.3 is 0 Å². The highest BCUT2D eigenvalue weighted by Gasteiger charge is 2.24. The van der Waals surface area contributed by atoms with E-state index in [4.69, 9.17) is 0 Å². The highest BCUT2D eigenvalue weighted by Crippen LogP contribution is 2.29. The van der Waals surface area contributed by atoms with E-state index >= 15 is 0 Å². The third-order valence-corrected chi connectivity index (χ3v) is 5.44. The Kier molecular flexibility index (Phi) is 6.00. The van der Waals surface area contributed by atoms with Gasteiger partial charge in [0.2, 0.25) is 15.9 Å². The molecule has 1 amide bonds. The van der Waals surface area contributed by atoms with E-state index in [1.165, 1.54) is 0 Å². The fourth-order valence-electron chi connectivity index (χ4n) is 3.03. The molecule has 6 heteroatoms. The Bertz CT molecular complexity index is 944. The first kappa shape index (κ1) is 21.0. The molecular weight excluding hydrogens is 360 g/mol. The summed E-state index contributed by atoms with van der Waals surface area (Å²) in [6.07, 6.45) is 1.11. The summed E-state index contributed by atoms with van der Waals surface area (Å²) in [5.41, 5.74) is 3.91. The second-order valence-electron chi connectivity index (χ2n) is 7.90. The van der Waals surface area contributed by atoms with Crippen LogP contribution in [0.5, 0.6) is 0 Å². The van der Waals surface area contributed by atoms with Crippen molar-refractivity contribution in [2.45, 2.75) is 40.0 Å². The van der Waals surface area contributed by atoms with Crippen molar-refractivity contribution in [2.75, 3.05) is 22.4 Å². The van der Waals surface area contributed by atoms with Crippen molar-refractivity contribution in [1.82, 2.24) is 0 Å². The number of carbonyl (C=O) groups is 1. The maximum atomic E-state index is 12.7. The van der Waals surface area contributed by atoms with Crippen LogP contribution in [0.4, 0.5) is 11.4 Å². The molecule has 2 aromatic rings. The van der Waals surface area contributed by atoms with E-state index in [0.29, 0.717) is 11.4 Å². The summed E-state index contributed by atoms with van der Waals surface area (Å²) in [5.74, 6) is -0.378. The largest absolute Gasteiger partial charge is 0.324 e. The predicted molar refractivity (Wildman–Crippen MR) is 112 cm³/mol. The van der Waals surface area contributed by atoms with E-state index in [1.807, 2.05) is 50.2 Å². The van der Waals surface area contributed by atoms with Crippen LogP contribution in [0.2, 0.25) is 0 Å². The minimum absolute atomic E-state index is 0.145. The Labute approximate surface area is 162 Å². The van der Waals surface area contributed by atoms with Gasteiger partial charge in [-0.05, 0) is 42.5 Å². The monoisotopic (exact) mass is 388 g/mol. The smallest absolute Gasteiger partial charge is 0.245 e. The van der Waals surface area contributed by atoms with Crippen LogP contribution in [0.1, 0.15) is 37.5 Å². The van der Waals surface area contributed by atoms with Crippen LogP contribution in [0.3, 0.4) is 0 Å². The third kappa shape index (κ3) is 5.32. The molecule has 0 aliphatic carbocycles. The quantitative estimate of drug-likeness (QED) is 0.842. The van der Waals surface area contributed by atoms with Gasteiger partial charge in [-0.3, -0.25) is 9.10 Å². The zero-order chi connectivity index (χ0) is 20.4. The second kappa shape index (κ2) is 7.72. The Morgan fingerprint density at radius 1 is 1.07 bits per heavy atom. The number of nitrogens with zero attached hydrogens (tertiary/aromatic N) is 1. The minimum atomic E-state index is -3.61. The molecule has 0 aliphatic rings. The molecule has 27 heavy (non-hydrogen) atoms. The van der Waals surface area contributed by atoms with Gasteiger partial charge in [-0.15, -0.1) is 0 Å². The first-order valence-corrected chi connectivity index (χ1v) is 10.7. The molecule has 0 unspecified atom stereocenters. The summed E-state index contributed by atoms with van der Waals surface area (Å²) in [5, 5.41) is 2.88. The highest BCUT2D eigenvalue weighted by atomic mass is 32.2. The molecule has 0 atom stereocenters. The molecule has 0 aromatic heterocycles. The van der Waals surface area contributed by atoms with Gasteiger partial charge in [0.1, 0.15) is 6.54 Å².